The first kappa shape index (κ1) is 27.7. The molecule has 8 nitrogen and oxygen atoms in total. The van der Waals surface area contributed by atoms with Gasteiger partial charge in [-0.2, -0.15) is 0 Å². The first-order chi connectivity index (χ1) is 18.2. The average Bonchev–Trinajstić information content (AvgIpc) is 3.16. The van der Waals surface area contributed by atoms with E-state index < -0.39 is 12.0 Å². The first-order valence-corrected chi connectivity index (χ1v) is 13.9. The second-order valence-corrected chi connectivity index (χ2v) is 10.6. The van der Waals surface area contributed by atoms with Crippen molar-refractivity contribution in [3.63, 3.8) is 0 Å². The number of thiazole rings is 1. The minimum absolute atomic E-state index is 0.00574. The van der Waals surface area contributed by atoms with Crippen LogP contribution in [-0.2, 0) is 9.53 Å². The Bertz CT molecular complexity index is 1590. The maximum absolute atomic E-state index is 13.9. The van der Waals surface area contributed by atoms with Crippen molar-refractivity contribution in [2.45, 2.75) is 46.8 Å². The minimum Gasteiger partial charge on any atom is -0.504 e. The Morgan fingerprint density at radius 3 is 2.63 bits per heavy atom. The lowest BCUT2D eigenvalue weighted by Crippen LogP contribution is -2.40. The average molecular weight is 602 g/mol. The summed E-state index contributed by atoms with van der Waals surface area (Å²) in [6.07, 6.45) is 1.60. The van der Waals surface area contributed by atoms with Gasteiger partial charge >= 0.3 is 5.97 Å². The summed E-state index contributed by atoms with van der Waals surface area (Å²) in [5.74, 6) is 0.345. The molecule has 0 unspecified atom stereocenters. The lowest BCUT2D eigenvalue weighted by Gasteiger charge is -2.26. The van der Waals surface area contributed by atoms with Gasteiger partial charge in [-0.15, -0.1) is 0 Å². The highest BCUT2D eigenvalue weighted by atomic mass is 79.9. The highest BCUT2D eigenvalue weighted by Crippen LogP contribution is 2.36. The van der Waals surface area contributed by atoms with Crippen molar-refractivity contribution in [2.24, 2.45) is 4.99 Å². The number of rotatable bonds is 8. The van der Waals surface area contributed by atoms with E-state index >= 15 is 0 Å². The zero-order valence-corrected chi connectivity index (χ0v) is 24.2. The van der Waals surface area contributed by atoms with E-state index in [0.717, 1.165) is 0 Å². The molecule has 0 aliphatic carbocycles. The van der Waals surface area contributed by atoms with Crippen molar-refractivity contribution in [3.8, 4) is 17.2 Å². The van der Waals surface area contributed by atoms with Crippen molar-refractivity contribution in [1.82, 2.24) is 4.57 Å². The molecule has 4 rings (SSSR count). The molecule has 2 aromatic carbocycles. The third-order valence-electron chi connectivity index (χ3n) is 5.76. The molecule has 0 radical (unpaired) electrons. The number of ether oxygens (including phenoxy) is 3. The molecule has 1 N–H and O–H groups in total. The topological polar surface area (TPSA) is 99.4 Å². The van der Waals surface area contributed by atoms with E-state index in [1.54, 1.807) is 26.0 Å². The number of phenols is 1. The van der Waals surface area contributed by atoms with E-state index in [9.17, 15) is 14.7 Å². The molecular weight excluding hydrogens is 572 g/mol. The Hall–Kier alpha value is -3.37. The van der Waals surface area contributed by atoms with Crippen LogP contribution in [-0.4, -0.2) is 35.0 Å². The fourth-order valence-electron chi connectivity index (χ4n) is 4.24. The lowest BCUT2D eigenvalue weighted by atomic mass is 9.95. The van der Waals surface area contributed by atoms with Crippen molar-refractivity contribution < 1.29 is 24.1 Å². The molecule has 0 amide bonds. The number of aromatic nitrogens is 1. The maximum atomic E-state index is 13.9. The highest BCUT2D eigenvalue weighted by Gasteiger charge is 2.35. The number of fused-ring (bicyclic) bond motifs is 1. The molecule has 0 fully saturated rings. The summed E-state index contributed by atoms with van der Waals surface area (Å²) in [4.78, 5) is 32.2. The molecule has 0 bridgehead atoms. The fraction of sp³-hybridized carbons (Fsp3) is 0.321. The van der Waals surface area contributed by atoms with E-state index in [2.05, 4.69) is 20.9 Å². The van der Waals surface area contributed by atoms with Gasteiger partial charge in [-0.05, 0) is 64.5 Å². The second kappa shape index (κ2) is 11.6. The number of esters is 1. The molecule has 2 heterocycles. The second-order valence-electron chi connectivity index (χ2n) is 8.78. The number of aromatic hydroxyl groups is 1. The zero-order valence-electron chi connectivity index (χ0n) is 21.8. The number of hydrogen-bond donors (Lipinski definition) is 1. The number of carbonyl (C=O) groups is 1. The highest BCUT2D eigenvalue weighted by molar-refractivity contribution is 9.10. The number of nitrogens with zero attached hydrogens (tertiary/aromatic N) is 2. The van der Waals surface area contributed by atoms with Crippen molar-refractivity contribution in [3.05, 3.63) is 83.0 Å². The van der Waals surface area contributed by atoms with Crippen molar-refractivity contribution >= 4 is 39.3 Å². The molecular formula is C28H29BrN2O6S. The predicted octanol–water partition coefficient (Wildman–Crippen LogP) is 4.45. The quantitative estimate of drug-likeness (QED) is 0.383. The van der Waals surface area contributed by atoms with Crippen molar-refractivity contribution in [2.75, 3.05) is 13.2 Å². The summed E-state index contributed by atoms with van der Waals surface area (Å²) in [5, 5.41) is 10.2. The van der Waals surface area contributed by atoms with Gasteiger partial charge in [0.05, 0.1) is 35.1 Å². The Morgan fingerprint density at radius 2 is 1.95 bits per heavy atom. The van der Waals surface area contributed by atoms with Crippen LogP contribution in [0.15, 0.2) is 61.9 Å². The summed E-state index contributed by atoms with van der Waals surface area (Å²) >= 11 is 4.68. The predicted molar refractivity (Wildman–Crippen MR) is 150 cm³/mol. The summed E-state index contributed by atoms with van der Waals surface area (Å²) < 4.78 is 19.5. The van der Waals surface area contributed by atoms with E-state index in [4.69, 9.17) is 14.2 Å². The normalized spacial score (nSPS) is 15.3. The molecule has 1 atom stereocenters. The van der Waals surface area contributed by atoms with Gasteiger partial charge in [0.25, 0.3) is 5.56 Å². The number of hydrogen-bond acceptors (Lipinski definition) is 8. The smallest absolute Gasteiger partial charge is 0.338 e. The van der Waals surface area contributed by atoms with Gasteiger partial charge in [-0.25, -0.2) is 9.79 Å². The Morgan fingerprint density at radius 1 is 1.21 bits per heavy atom. The SMILES string of the molecule is CCOC(=O)C1=C(C)N=c2s/c(=C/c3cc(OCC)c(O)cc3Br)c(=O)n2[C@@H]1c1ccccc1OC(C)C. The van der Waals surface area contributed by atoms with E-state index in [0.29, 0.717) is 48.7 Å². The summed E-state index contributed by atoms with van der Waals surface area (Å²) in [7, 11) is 0. The van der Waals surface area contributed by atoms with E-state index in [-0.39, 0.29) is 29.6 Å². The van der Waals surface area contributed by atoms with Crippen LogP contribution in [0.2, 0.25) is 0 Å². The van der Waals surface area contributed by atoms with Crippen LogP contribution in [0.4, 0.5) is 0 Å². The minimum atomic E-state index is -0.787. The van der Waals surface area contributed by atoms with Crippen LogP contribution in [0, 0.1) is 0 Å². The van der Waals surface area contributed by atoms with Gasteiger partial charge in [0, 0.05) is 10.0 Å². The standard InChI is InChI=1S/C28H29BrN2O6S/c1-6-35-22-12-17(19(29)14-20(22)32)13-23-26(33)31-25(18-10-8-9-11-21(18)37-15(3)4)24(27(34)36-7-2)16(5)30-28(31)38-23/h8-15,25,32H,6-7H2,1-5H3/b23-13+/t25-/m1/s1. The van der Waals surface area contributed by atoms with Crippen LogP contribution < -0.4 is 24.4 Å². The molecule has 200 valence electrons. The van der Waals surface area contributed by atoms with E-state index in [1.165, 1.54) is 22.0 Å². The number of carbonyl (C=O) groups excluding carboxylic acids is 1. The van der Waals surface area contributed by atoms with E-state index in [1.807, 2.05) is 45.0 Å². The molecule has 3 aromatic rings. The Labute approximate surface area is 232 Å². The summed E-state index contributed by atoms with van der Waals surface area (Å²) in [6.45, 7) is 9.71. The van der Waals surface area contributed by atoms with Crippen molar-refractivity contribution in [1.29, 1.82) is 0 Å². The number of halogens is 1. The number of allylic oxidation sites excluding steroid dienone is 1. The Kier molecular flexibility index (Phi) is 8.42. The molecule has 1 aromatic heterocycles. The molecule has 1 aliphatic heterocycles. The monoisotopic (exact) mass is 600 g/mol. The van der Waals surface area contributed by atoms with Gasteiger partial charge in [-0.1, -0.05) is 45.5 Å². The third-order valence-corrected chi connectivity index (χ3v) is 7.43. The summed E-state index contributed by atoms with van der Waals surface area (Å²) in [6, 6.07) is 9.78. The lowest BCUT2D eigenvalue weighted by molar-refractivity contribution is -0.139. The summed E-state index contributed by atoms with van der Waals surface area (Å²) in [5.41, 5.74) is 1.76. The van der Waals surface area contributed by atoms with Gasteiger partial charge in [0.15, 0.2) is 16.3 Å². The van der Waals surface area contributed by atoms with Crippen LogP contribution in [0.25, 0.3) is 6.08 Å². The fourth-order valence-corrected chi connectivity index (χ4v) is 5.72. The molecule has 0 saturated heterocycles. The van der Waals surface area contributed by atoms with Gasteiger partial charge in [-0.3, -0.25) is 9.36 Å². The largest absolute Gasteiger partial charge is 0.504 e. The zero-order chi connectivity index (χ0) is 27.6. The van der Waals surface area contributed by atoms with Crippen LogP contribution in [0.5, 0.6) is 17.2 Å². The molecule has 1 aliphatic rings. The Balaban J connectivity index is 1.98. The molecule has 10 heteroatoms. The molecule has 38 heavy (non-hydrogen) atoms. The number of para-hydroxylation sites is 1. The van der Waals surface area contributed by atoms with Gasteiger partial charge < -0.3 is 19.3 Å². The molecule has 0 spiro atoms. The molecule has 0 saturated carbocycles. The first-order valence-electron chi connectivity index (χ1n) is 12.3. The van der Waals surface area contributed by atoms with Gasteiger partial charge in [0.1, 0.15) is 11.8 Å². The maximum Gasteiger partial charge on any atom is 0.338 e. The third kappa shape index (κ3) is 5.42. The number of phenolic OH excluding ortho intramolecular Hbond substituents is 1. The number of benzene rings is 2. The van der Waals surface area contributed by atoms with Gasteiger partial charge in [0.2, 0.25) is 0 Å². The van der Waals surface area contributed by atoms with Crippen LogP contribution in [0.3, 0.4) is 0 Å². The van der Waals surface area contributed by atoms with Crippen LogP contribution >= 0.6 is 27.3 Å². The van der Waals surface area contributed by atoms with Crippen LogP contribution in [0.1, 0.15) is 51.8 Å².